The SMILES string of the molecule is O=C(COC(=O)c1cccc(N2C(=O)[C@@H]3[C@@H]4C[C@@H]([C@@H]3C2=O)[C@H](c2ccccc2)C4)c1)Nc1ccc(Cl)cc1. The summed E-state index contributed by atoms with van der Waals surface area (Å²) in [6.07, 6.45) is 1.80. The lowest BCUT2D eigenvalue weighted by Crippen LogP contribution is -2.33. The summed E-state index contributed by atoms with van der Waals surface area (Å²) >= 11 is 5.85. The molecule has 38 heavy (non-hydrogen) atoms. The largest absolute Gasteiger partial charge is 0.452 e. The first-order valence-corrected chi connectivity index (χ1v) is 13.0. The topological polar surface area (TPSA) is 92.8 Å². The molecule has 1 aliphatic heterocycles. The Labute approximate surface area is 224 Å². The highest BCUT2D eigenvalue weighted by molar-refractivity contribution is 6.30. The summed E-state index contributed by atoms with van der Waals surface area (Å²) in [5.41, 5.74) is 2.26. The third kappa shape index (κ3) is 4.27. The Kier molecular flexibility index (Phi) is 6.24. The number of amides is 3. The minimum Gasteiger partial charge on any atom is -0.452 e. The average Bonchev–Trinajstić information content (AvgIpc) is 3.60. The van der Waals surface area contributed by atoms with Crippen molar-refractivity contribution in [2.24, 2.45) is 23.7 Å². The van der Waals surface area contributed by atoms with Gasteiger partial charge in [0.2, 0.25) is 11.8 Å². The molecule has 3 amide bonds. The van der Waals surface area contributed by atoms with Crippen LogP contribution >= 0.6 is 11.6 Å². The molecule has 0 unspecified atom stereocenters. The lowest BCUT2D eigenvalue weighted by molar-refractivity contribution is -0.123. The normalized spacial score (nSPS) is 25.4. The molecule has 6 rings (SSSR count). The van der Waals surface area contributed by atoms with Gasteiger partial charge in [-0.25, -0.2) is 4.79 Å². The van der Waals surface area contributed by atoms with Crippen LogP contribution in [0.25, 0.3) is 0 Å². The third-order valence-electron chi connectivity index (χ3n) is 8.05. The first kappa shape index (κ1) is 24.4. The summed E-state index contributed by atoms with van der Waals surface area (Å²) in [4.78, 5) is 53.1. The van der Waals surface area contributed by atoms with Gasteiger partial charge in [0.1, 0.15) is 0 Å². The quantitative estimate of drug-likeness (QED) is 0.356. The van der Waals surface area contributed by atoms with E-state index in [-0.39, 0.29) is 47.0 Å². The number of hydrogen-bond acceptors (Lipinski definition) is 5. The molecule has 2 aliphatic carbocycles. The second-order valence-corrected chi connectivity index (χ2v) is 10.6. The zero-order valence-electron chi connectivity index (χ0n) is 20.4. The standard InChI is InChI=1S/C30H25ClN2O5/c31-20-9-11-21(12-10-20)32-25(34)16-38-30(37)18-7-4-8-22(13-18)33-28(35)26-19-14-23(17-5-2-1-3-6-17)24(15-19)27(26)29(33)36/h1-13,19,23-24,26-27H,14-16H2,(H,32,34)/t19-,23-,24+,26+,27-/m0/s1. The number of nitrogens with zero attached hydrogens (tertiary/aromatic N) is 1. The van der Waals surface area contributed by atoms with Crippen LogP contribution in [0.3, 0.4) is 0 Å². The molecule has 2 bridgehead atoms. The molecule has 7 nitrogen and oxygen atoms in total. The van der Waals surface area contributed by atoms with Crippen molar-refractivity contribution in [3.8, 4) is 0 Å². The van der Waals surface area contributed by atoms with E-state index in [9.17, 15) is 19.2 Å². The van der Waals surface area contributed by atoms with Crippen LogP contribution in [-0.2, 0) is 19.1 Å². The lowest BCUT2D eigenvalue weighted by Gasteiger charge is -2.28. The highest BCUT2D eigenvalue weighted by atomic mass is 35.5. The summed E-state index contributed by atoms with van der Waals surface area (Å²) in [7, 11) is 0. The summed E-state index contributed by atoms with van der Waals surface area (Å²) in [6.45, 7) is -0.484. The number of rotatable bonds is 6. The number of esters is 1. The predicted octanol–water partition coefficient (Wildman–Crippen LogP) is 5.06. The number of imide groups is 1. The first-order chi connectivity index (χ1) is 18.4. The van der Waals surface area contributed by atoms with Gasteiger partial charge >= 0.3 is 5.97 Å². The van der Waals surface area contributed by atoms with Gasteiger partial charge in [-0.2, -0.15) is 0 Å². The molecule has 3 aromatic carbocycles. The van der Waals surface area contributed by atoms with Gasteiger partial charge in [-0.1, -0.05) is 48.0 Å². The Balaban J connectivity index is 1.14. The second kappa shape index (κ2) is 9.72. The minimum atomic E-state index is -0.721. The van der Waals surface area contributed by atoms with Crippen LogP contribution in [0.5, 0.6) is 0 Å². The number of anilines is 2. The number of hydrogen-bond donors (Lipinski definition) is 1. The van der Waals surface area contributed by atoms with E-state index in [0.717, 1.165) is 12.8 Å². The monoisotopic (exact) mass is 528 g/mol. The van der Waals surface area contributed by atoms with Crippen molar-refractivity contribution in [1.82, 2.24) is 0 Å². The number of benzene rings is 3. The zero-order valence-corrected chi connectivity index (χ0v) is 21.1. The molecule has 1 saturated heterocycles. The zero-order chi connectivity index (χ0) is 26.4. The van der Waals surface area contributed by atoms with Crippen LogP contribution in [-0.4, -0.2) is 30.3 Å². The fraction of sp³-hybridized carbons (Fsp3) is 0.267. The molecule has 3 aliphatic rings. The van der Waals surface area contributed by atoms with E-state index >= 15 is 0 Å². The van der Waals surface area contributed by atoms with Crippen LogP contribution in [0.2, 0.25) is 5.02 Å². The van der Waals surface area contributed by atoms with E-state index in [0.29, 0.717) is 16.4 Å². The Hall–Kier alpha value is -3.97. The van der Waals surface area contributed by atoms with E-state index in [1.165, 1.54) is 22.6 Å². The van der Waals surface area contributed by atoms with Crippen LogP contribution in [0, 0.1) is 23.7 Å². The summed E-state index contributed by atoms with van der Waals surface area (Å²) < 4.78 is 5.17. The molecule has 8 heteroatoms. The van der Waals surface area contributed by atoms with Gasteiger partial charge in [0, 0.05) is 10.7 Å². The maximum atomic E-state index is 13.6. The minimum absolute atomic E-state index is 0.140. The Morgan fingerprint density at radius 3 is 2.39 bits per heavy atom. The van der Waals surface area contributed by atoms with E-state index in [4.69, 9.17) is 16.3 Å². The smallest absolute Gasteiger partial charge is 0.338 e. The molecule has 3 aromatic rings. The third-order valence-corrected chi connectivity index (χ3v) is 8.30. The maximum Gasteiger partial charge on any atom is 0.338 e. The van der Waals surface area contributed by atoms with E-state index < -0.39 is 18.5 Å². The first-order valence-electron chi connectivity index (χ1n) is 12.7. The molecule has 0 radical (unpaired) electrons. The summed E-state index contributed by atoms with van der Waals surface area (Å²) in [5.74, 6) is -1.64. The van der Waals surface area contributed by atoms with Crippen LogP contribution in [0.15, 0.2) is 78.9 Å². The molecular formula is C30H25ClN2O5. The number of ether oxygens (including phenoxy) is 1. The molecular weight excluding hydrogens is 504 g/mol. The van der Waals surface area contributed by atoms with Gasteiger partial charge in [0.25, 0.3) is 5.91 Å². The van der Waals surface area contributed by atoms with Crippen molar-refractivity contribution in [2.75, 3.05) is 16.8 Å². The molecule has 1 heterocycles. The summed E-state index contributed by atoms with van der Waals surface area (Å²) in [6, 6.07) is 23.0. The maximum absolute atomic E-state index is 13.6. The molecule has 5 atom stereocenters. The number of nitrogens with one attached hydrogen (secondary N) is 1. The van der Waals surface area contributed by atoms with Gasteiger partial charge in [-0.15, -0.1) is 0 Å². The van der Waals surface area contributed by atoms with E-state index in [1.807, 2.05) is 18.2 Å². The molecule has 192 valence electrons. The van der Waals surface area contributed by atoms with Crippen LogP contribution in [0.4, 0.5) is 11.4 Å². The molecule has 1 N–H and O–H groups in total. The van der Waals surface area contributed by atoms with Gasteiger partial charge < -0.3 is 10.1 Å². The van der Waals surface area contributed by atoms with Gasteiger partial charge in [0.05, 0.1) is 23.1 Å². The second-order valence-electron chi connectivity index (χ2n) is 10.2. The summed E-state index contributed by atoms with van der Waals surface area (Å²) in [5, 5.41) is 3.16. The van der Waals surface area contributed by atoms with Crippen molar-refractivity contribution >= 4 is 46.7 Å². The van der Waals surface area contributed by atoms with Gasteiger partial charge in [-0.3, -0.25) is 19.3 Å². The molecule has 0 spiro atoms. The highest BCUT2D eigenvalue weighted by Gasteiger charge is 2.64. The Morgan fingerprint density at radius 1 is 0.895 bits per heavy atom. The number of carbonyl (C=O) groups excluding carboxylic acids is 4. The number of fused-ring (bicyclic) bond motifs is 5. The van der Waals surface area contributed by atoms with Gasteiger partial charge in [0.15, 0.2) is 6.61 Å². The lowest BCUT2D eigenvalue weighted by atomic mass is 9.73. The number of carbonyl (C=O) groups is 4. The fourth-order valence-corrected chi connectivity index (χ4v) is 6.64. The van der Waals surface area contributed by atoms with Crippen molar-refractivity contribution in [3.63, 3.8) is 0 Å². The van der Waals surface area contributed by atoms with Crippen molar-refractivity contribution in [3.05, 3.63) is 95.0 Å². The van der Waals surface area contributed by atoms with Crippen molar-refractivity contribution in [2.45, 2.75) is 18.8 Å². The van der Waals surface area contributed by atoms with Crippen molar-refractivity contribution < 1.29 is 23.9 Å². The van der Waals surface area contributed by atoms with Crippen LogP contribution in [0.1, 0.15) is 34.7 Å². The van der Waals surface area contributed by atoms with E-state index in [2.05, 4.69) is 17.4 Å². The van der Waals surface area contributed by atoms with Gasteiger partial charge in [-0.05, 0) is 78.6 Å². The molecule has 3 fully saturated rings. The predicted molar refractivity (Wildman–Crippen MR) is 142 cm³/mol. The number of halogens is 1. The molecule has 2 saturated carbocycles. The average molecular weight is 529 g/mol. The fourth-order valence-electron chi connectivity index (χ4n) is 6.51. The molecule has 0 aromatic heterocycles. The Bertz CT molecular complexity index is 1420. The van der Waals surface area contributed by atoms with Crippen LogP contribution < -0.4 is 10.2 Å². The highest BCUT2D eigenvalue weighted by Crippen LogP contribution is 2.61. The van der Waals surface area contributed by atoms with Crippen molar-refractivity contribution in [1.29, 1.82) is 0 Å². The Morgan fingerprint density at radius 2 is 1.63 bits per heavy atom. The van der Waals surface area contributed by atoms with E-state index in [1.54, 1.807) is 36.4 Å².